The average molecular weight is 321 g/mol. The monoisotopic (exact) mass is 321 g/mol. The molecule has 0 spiro atoms. The summed E-state index contributed by atoms with van der Waals surface area (Å²) < 4.78 is 53.1. The Hall–Kier alpha value is -0.600. The Balaban J connectivity index is 3.15. The van der Waals surface area contributed by atoms with Crippen LogP contribution in [0, 0.1) is 3.57 Å². The van der Waals surface area contributed by atoms with Crippen LogP contribution < -0.4 is 4.74 Å². The van der Waals surface area contributed by atoms with Gasteiger partial charge in [0.1, 0.15) is 0 Å². The van der Waals surface area contributed by atoms with Crippen molar-refractivity contribution in [1.29, 1.82) is 0 Å². The molecule has 0 amide bonds. The van der Waals surface area contributed by atoms with Gasteiger partial charge in [-0.3, -0.25) is 0 Å². The van der Waals surface area contributed by atoms with Gasteiger partial charge in [0.2, 0.25) is 6.86 Å². The fraction of sp³-hybridized carbons (Fsp3) is 0.286. The van der Waals surface area contributed by atoms with Gasteiger partial charge in [0.15, 0.2) is 11.4 Å². The summed E-state index contributed by atoms with van der Waals surface area (Å²) in [6, 6.07) is 1.08. The van der Waals surface area contributed by atoms with E-state index < -0.39 is 24.5 Å². The van der Waals surface area contributed by atoms with Crippen LogP contribution in [0.15, 0.2) is 12.3 Å². The SMILES string of the molecule is FCOc1cc(I)cnc1C(F)(F)F. The van der Waals surface area contributed by atoms with Gasteiger partial charge in [-0.1, -0.05) is 0 Å². The second kappa shape index (κ2) is 4.28. The van der Waals surface area contributed by atoms with Crippen molar-refractivity contribution in [2.75, 3.05) is 6.86 Å². The molecule has 0 radical (unpaired) electrons. The molecule has 1 aromatic rings. The third kappa shape index (κ3) is 2.69. The van der Waals surface area contributed by atoms with Crippen LogP contribution in [0.3, 0.4) is 0 Å². The molecule has 0 atom stereocenters. The lowest BCUT2D eigenvalue weighted by Gasteiger charge is -2.10. The highest BCUT2D eigenvalue weighted by Gasteiger charge is 2.36. The predicted molar refractivity (Wildman–Crippen MR) is 48.6 cm³/mol. The van der Waals surface area contributed by atoms with E-state index in [-0.39, 0.29) is 0 Å². The van der Waals surface area contributed by atoms with Crippen molar-refractivity contribution < 1.29 is 22.3 Å². The first-order chi connectivity index (χ1) is 6.45. The van der Waals surface area contributed by atoms with E-state index in [2.05, 4.69) is 9.72 Å². The Bertz CT molecular complexity index is 328. The number of nitrogens with zero attached hydrogens (tertiary/aromatic N) is 1. The Morgan fingerprint density at radius 1 is 1.43 bits per heavy atom. The molecule has 0 aliphatic heterocycles. The van der Waals surface area contributed by atoms with Crippen LogP contribution >= 0.6 is 22.6 Å². The van der Waals surface area contributed by atoms with E-state index in [9.17, 15) is 17.6 Å². The topological polar surface area (TPSA) is 22.1 Å². The van der Waals surface area contributed by atoms with Crippen molar-refractivity contribution in [3.8, 4) is 5.75 Å². The summed E-state index contributed by atoms with van der Waals surface area (Å²) in [5.41, 5.74) is -1.21. The van der Waals surface area contributed by atoms with E-state index in [4.69, 9.17) is 0 Å². The highest BCUT2D eigenvalue weighted by molar-refractivity contribution is 14.1. The van der Waals surface area contributed by atoms with Gasteiger partial charge >= 0.3 is 6.18 Å². The summed E-state index contributed by atoms with van der Waals surface area (Å²) in [6.07, 6.45) is -3.59. The summed E-state index contributed by atoms with van der Waals surface area (Å²) in [7, 11) is 0. The van der Waals surface area contributed by atoms with Gasteiger partial charge in [-0.2, -0.15) is 13.2 Å². The summed E-state index contributed by atoms with van der Waals surface area (Å²) in [4.78, 5) is 3.14. The molecular formula is C7H4F4INO. The normalized spacial score (nSPS) is 11.5. The van der Waals surface area contributed by atoms with Gasteiger partial charge in [-0.15, -0.1) is 0 Å². The van der Waals surface area contributed by atoms with E-state index in [0.717, 1.165) is 12.3 Å². The van der Waals surface area contributed by atoms with Crippen LogP contribution in [0.2, 0.25) is 0 Å². The quantitative estimate of drug-likeness (QED) is 0.617. The van der Waals surface area contributed by atoms with Crippen LogP contribution in [0.4, 0.5) is 17.6 Å². The summed E-state index contributed by atoms with van der Waals surface area (Å²) in [6.45, 7) is -1.31. The van der Waals surface area contributed by atoms with Gasteiger partial charge in [-0.05, 0) is 28.7 Å². The molecule has 0 N–H and O–H groups in total. The Morgan fingerprint density at radius 2 is 2.07 bits per heavy atom. The Kier molecular flexibility index (Phi) is 3.51. The lowest BCUT2D eigenvalue weighted by atomic mass is 10.3. The standard InChI is InChI=1S/C7H4F4INO/c8-3-14-5-1-4(12)2-13-6(5)7(9,10)11/h1-2H,3H2. The number of ether oxygens (including phenoxy) is 1. The molecule has 2 nitrogen and oxygen atoms in total. The molecule has 0 fully saturated rings. The molecule has 0 unspecified atom stereocenters. The summed E-state index contributed by atoms with van der Waals surface area (Å²) in [5.74, 6) is -0.591. The first kappa shape index (κ1) is 11.5. The molecule has 1 heterocycles. The molecule has 0 bridgehead atoms. The molecule has 0 aliphatic rings. The van der Waals surface area contributed by atoms with Crippen LogP contribution in [0.25, 0.3) is 0 Å². The Labute approximate surface area is 90.4 Å². The fourth-order valence-corrected chi connectivity index (χ4v) is 1.22. The first-order valence-corrected chi connectivity index (χ1v) is 4.44. The summed E-state index contributed by atoms with van der Waals surface area (Å²) >= 11 is 1.76. The second-order valence-corrected chi connectivity index (χ2v) is 3.50. The van der Waals surface area contributed by atoms with Crippen molar-refractivity contribution in [3.05, 3.63) is 21.5 Å². The molecule has 1 rings (SSSR count). The predicted octanol–water partition coefficient (Wildman–Crippen LogP) is 3.01. The van der Waals surface area contributed by atoms with Crippen LogP contribution in [-0.2, 0) is 6.18 Å². The highest BCUT2D eigenvalue weighted by Crippen LogP contribution is 2.34. The minimum atomic E-state index is -4.63. The van der Waals surface area contributed by atoms with Crippen molar-refractivity contribution in [3.63, 3.8) is 0 Å². The van der Waals surface area contributed by atoms with Crippen LogP contribution in [0.1, 0.15) is 5.69 Å². The van der Waals surface area contributed by atoms with E-state index in [1.54, 1.807) is 22.6 Å². The zero-order valence-corrected chi connectivity index (χ0v) is 8.76. The van der Waals surface area contributed by atoms with Crippen molar-refractivity contribution in [2.24, 2.45) is 0 Å². The molecule has 0 aliphatic carbocycles. The molecule has 14 heavy (non-hydrogen) atoms. The van der Waals surface area contributed by atoms with E-state index in [1.165, 1.54) is 0 Å². The third-order valence-corrected chi connectivity index (χ3v) is 1.89. The number of rotatable bonds is 2. The molecule has 1 aromatic heterocycles. The minimum absolute atomic E-state index is 0.444. The second-order valence-electron chi connectivity index (χ2n) is 2.25. The van der Waals surface area contributed by atoms with Crippen LogP contribution in [0.5, 0.6) is 5.75 Å². The van der Waals surface area contributed by atoms with Gasteiger partial charge in [0.25, 0.3) is 0 Å². The lowest BCUT2D eigenvalue weighted by molar-refractivity contribution is -0.142. The number of pyridine rings is 1. The molecule has 0 aromatic carbocycles. The summed E-state index contributed by atoms with van der Waals surface area (Å²) in [5, 5.41) is 0. The fourth-order valence-electron chi connectivity index (χ4n) is 0.802. The van der Waals surface area contributed by atoms with Gasteiger partial charge in [0, 0.05) is 9.77 Å². The molecular weight excluding hydrogens is 317 g/mol. The van der Waals surface area contributed by atoms with E-state index >= 15 is 0 Å². The maximum absolute atomic E-state index is 12.2. The maximum Gasteiger partial charge on any atom is 0.437 e. The molecule has 0 saturated heterocycles. The molecule has 0 saturated carbocycles. The van der Waals surface area contributed by atoms with E-state index in [0.29, 0.717) is 3.57 Å². The number of alkyl halides is 4. The van der Waals surface area contributed by atoms with Gasteiger partial charge in [0.05, 0.1) is 0 Å². The highest BCUT2D eigenvalue weighted by atomic mass is 127. The average Bonchev–Trinajstić information content (AvgIpc) is 2.02. The zero-order chi connectivity index (χ0) is 10.8. The zero-order valence-electron chi connectivity index (χ0n) is 6.61. The van der Waals surface area contributed by atoms with E-state index in [1.807, 2.05) is 0 Å². The lowest BCUT2D eigenvalue weighted by Crippen LogP contribution is -2.11. The van der Waals surface area contributed by atoms with Gasteiger partial charge < -0.3 is 4.74 Å². The number of aromatic nitrogens is 1. The number of halogens is 5. The molecule has 78 valence electrons. The van der Waals surface area contributed by atoms with Crippen molar-refractivity contribution in [1.82, 2.24) is 4.98 Å². The number of hydrogen-bond donors (Lipinski definition) is 0. The van der Waals surface area contributed by atoms with Crippen LogP contribution in [-0.4, -0.2) is 11.8 Å². The van der Waals surface area contributed by atoms with Crippen molar-refractivity contribution >= 4 is 22.6 Å². The Morgan fingerprint density at radius 3 is 2.57 bits per heavy atom. The van der Waals surface area contributed by atoms with Gasteiger partial charge in [-0.25, -0.2) is 9.37 Å². The minimum Gasteiger partial charge on any atom is -0.461 e. The largest absolute Gasteiger partial charge is 0.461 e. The third-order valence-electron chi connectivity index (χ3n) is 1.30. The maximum atomic E-state index is 12.2. The number of hydrogen-bond acceptors (Lipinski definition) is 2. The first-order valence-electron chi connectivity index (χ1n) is 3.36. The molecule has 7 heteroatoms. The smallest absolute Gasteiger partial charge is 0.437 e. The van der Waals surface area contributed by atoms with Crippen molar-refractivity contribution in [2.45, 2.75) is 6.18 Å².